The highest BCUT2D eigenvalue weighted by Crippen LogP contribution is 2.28. The molecule has 1 heterocycles. The van der Waals surface area contributed by atoms with Gasteiger partial charge in [-0.25, -0.2) is 0 Å². The molecule has 0 spiro atoms. The average Bonchev–Trinajstić information content (AvgIpc) is 2.77. The first-order valence-corrected chi connectivity index (χ1v) is 6.97. The van der Waals surface area contributed by atoms with Gasteiger partial charge in [-0.05, 0) is 41.9 Å². The molecule has 0 saturated carbocycles. The van der Waals surface area contributed by atoms with E-state index in [1.54, 1.807) is 0 Å². The third kappa shape index (κ3) is 3.05. The predicted octanol–water partition coefficient (Wildman–Crippen LogP) is 3.19. The molecule has 0 bridgehead atoms. The number of hydrogen-bond acceptors (Lipinski definition) is 2. The highest BCUT2D eigenvalue weighted by atomic mass is 16.3. The second-order valence-electron chi connectivity index (χ2n) is 6.41. The molecule has 0 aliphatic carbocycles. The molecule has 2 rings (SSSR count). The van der Waals surface area contributed by atoms with Gasteiger partial charge in [0.05, 0.1) is 0 Å². The number of aliphatic hydroxyl groups is 1. The van der Waals surface area contributed by atoms with Crippen LogP contribution in [0.15, 0.2) is 24.3 Å². The SMILES string of the molecule is CC(C)(C)c1ccc(N2CCC(CCO)C2)cc1. The van der Waals surface area contributed by atoms with Gasteiger partial charge in [-0.2, -0.15) is 0 Å². The zero-order valence-corrected chi connectivity index (χ0v) is 11.8. The Morgan fingerprint density at radius 1 is 1.22 bits per heavy atom. The van der Waals surface area contributed by atoms with Gasteiger partial charge in [0.25, 0.3) is 0 Å². The van der Waals surface area contributed by atoms with E-state index < -0.39 is 0 Å². The van der Waals surface area contributed by atoms with Crippen molar-refractivity contribution >= 4 is 5.69 Å². The van der Waals surface area contributed by atoms with Gasteiger partial charge in [-0.15, -0.1) is 0 Å². The van der Waals surface area contributed by atoms with Crippen LogP contribution in [0.3, 0.4) is 0 Å². The number of aliphatic hydroxyl groups excluding tert-OH is 1. The number of anilines is 1. The summed E-state index contributed by atoms with van der Waals surface area (Å²) < 4.78 is 0. The fourth-order valence-corrected chi connectivity index (χ4v) is 2.66. The molecule has 1 fully saturated rings. The van der Waals surface area contributed by atoms with Gasteiger partial charge in [0.2, 0.25) is 0 Å². The summed E-state index contributed by atoms with van der Waals surface area (Å²) in [5, 5.41) is 8.99. The lowest BCUT2D eigenvalue weighted by molar-refractivity contribution is 0.263. The molecule has 1 atom stereocenters. The Morgan fingerprint density at radius 2 is 1.89 bits per heavy atom. The summed E-state index contributed by atoms with van der Waals surface area (Å²) in [4.78, 5) is 2.44. The summed E-state index contributed by atoms with van der Waals surface area (Å²) >= 11 is 0. The third-order valence-electron chi connectivity index (χ3n) is 3.92. The van der Waals surface area contributed by atoms with E-state index in [0.717, 1.165) is 19.5 Å². The monoisotopic (exact) mass is 247 g/mol. The molecule has 1 N–H and O–H groups in total. The van der Waals surface area contributed by atoms with Crippen LogP contribution >= 0.6 is 0 Å². The van der Waals surface area contributed by atoms with Crippen molar-refractivity contribution in [1.82, 2.24) is 0 Å². The maximum Gasteiger partial charge on any atom is 0.0434 e. The fourth-order valence-electron chi connectivity index (χ4n) is 2.66. The summed E-state index contributed by atoms with van der Waals surface area (Å²) in [6, 6.07) is 8.97. The molecule has 0 amide bonds. The Bertz CT molecular complexity index is 377. The molecule has 0 radical (unpaired) electrons. The van der Waals surface area contributed by atoms with Crippen LogP contribution in [0.5, 0.6) is 0 Å². The van der Waals surface area contributed by atoms with E-state index in [9.17, 15) is 0 Å². The number of benzene rings is 1. The molecule has 100 valence electrons. The molecule has 1 aliphatic heterocycles. The zero-order chi connectivity index (χ0) is 13.2. The van der Waals surface area contributed by atoms with Crippen LogP contribution in [0.4, 0.5) is 5.69 Å². The highest BCUT2D eigenvalue weighted by Gasteiger charge is 2.22. The summed E-state index contributed by atoms with van der Waals surface area (Å²) in [6.45, 7) is 9.27. The molecule has 2 heteroatoms. The summed E-state index contributed by atoms with van der Waals surface area (Å²) in [6.07, 6.45) is 2.15. The van der Waals surface area contributed by atoms with Crippen LogP contribution in [0, 0.1) is 5.92 Å². The Labute approximate surface area is 111 Å². The van der Waals surface area contributed by atoms with Gasteiger partial charge in [0.15, 0.2) is 0 Å². The molecule has 1 aromatic carbocycles. The minimum Gasteiger partial charge on any atom is -0.396 e. The highest BCUT2D eigenvalue weighted by molar-refractivity contribution is 5.49. The smallest absolute Gasteiger partial charge is 0.0434 e. The molecule has 1 unspecified atom stereocenters. The lowest BCUT2D eigenvalue weighted by Gasteiger charge is -2.22. The van der Waals surface area contributed by atoms with E-state index in [2.05, 4.69) is 49.9 Å². The van der Waals surface area contributed by atoms with Crippen LogP contribution in [-0.2, 0) is 5.41 Å². The van der Waals surface area contributed by atoms with Crippen molar-refractivity contribution in [2.45, 2.75) is 39.0 Å². The quantitative estimate of drug-likeness (QED) is 0.886. The van der Waals surface area contributed by atoms with Crippen LogP contribution in [0.25, 0.3) is 0 Å². The standard InChI is InChI=1S/C16H25NO/c1-16(2,3)14-4-6-15(7-5-14)17-10-8-13(12-17)9-11-18/h4-7,13,18H,8-12H2,1-3H3. The fraction of sp³-hybridized carbons (Fsp3) is 0.625. The number of hydrogen-bond donors (Lipinski definition) is 1. The predicted molar refractivity (Wildman–Crippen MR) is 77.2 cm³/mol. The average molecular weight is 247 g/mol. The zero-order valence-electron chi connectivity index (χ0n) is 11.8. The molecule has 18 heavy (non-hydrogen) atoms. The number of rotatable bonds is 3. The third-order valence-corrected chi connectivity index (χ3v) is 3.92. The van der Waals surface area contributed by atoms with E-state index in [1.807, 2.05) is 0 Å². The van der Waals surface area contributed by atoms with Gasteiger partial charge in [0.1, 0.15) is 0 Å². The molecular weight excluding hydrogens is 222 g/mol. The van der Waals surface area contributed by atoms with Crippen LogP contribution in [0.2, 0.25) is 0 Å². The van der Waals surface area contributed by atoms with Gasteiger partial charge < -0.3 is 10.0 Å². The number of nitrogens with zero attached hydrogens (tertiary/aromatic N) is 1. The summed E-state index contributed by atoms with van der Waals surface area (Å²) in [5.41, 5.74) is 2.93. The Morgan fingerprint density at radius 3 is 2.44 bits per heavy atom. The van der Waals surface area contributed by atoms with E-state index >= 15 is 0 Å². The largest absolute Gasteiger partial charge is 0.396 e. The molecule has 1 aromatic rings. The first-order chi connectivity index (χ1) is 8.50. The second kappa shape index (κ2) is 5.31. The molecular formula is C16H25NO. The molecule has 1 aliphatic rings. The van der Waals surface area contributed by atoms with Crippen LogP contribution in [-0.4, -0.2) is 24.8 Å². The van der Waals surface area contributed by atoms with Crippen molar-refractivity contribution in [3.05, 3.63) is 29.8 Å². The van der Waals surface area contributed by atoms with E-state index in [4.69, 9.17) is 5.11 Å². The van der Waals surface area contributed by atoms with Crippen LogP contribution < -0.4 is 4.90 Å². The van der Waals surface area contributed by atoms with E-state index in [0.29, 0.717) is 12.5 Å². The topological polar surface area (TPSA) is 23.5 Å². The van der Waals surface area contributed by atoms with E-state index in [1.165, 1.54) is 17.7 Å². The molecule has 2 nitrogen and oxygen atoms in total. The van der Waals surface area contributed by atoms with Crippen molar-refractivity contribution < 1.29 is 5.11 Å². The minimum atomic E-state index is 0.225. The summed E-state index contributed by atoms with van der Waals surface area (Å²) in [5.74, 6) is 0.664. The first kappa shape index (κ1) is 13.4. The van der Waals surface area contributed by atoms with Crippen molar-refractivity contribution in [3.63, 3.8) is 0 Å². The lowest BCUT2D eigenvalue weighted by Crippen LogP contribution is -2.20. The van der Waals surface area contributed by atoms with Crippen molar-refractivity contribution in [2.24, 2.45) is 5.92 Å². The molecule has 0 aromatic heterocycles. The maximum absolute atomic E-state index is 8.99. The van der Waals surface area contributed by atoms with Gasteiger partial charge in [-0.3, -0.25) is 0 Å². The Hall–Kier alpha value is -1.02. The minimum absolute atomic E-state index is 0.225. The van der Waals surface area contributed by atoms with Gasteiger partial charge >= 0.3 is 0 Å². The van der Waals surface area contributed by atoms with Gasteiger partial charge in [-0.1, -0.05) is 32.9 Å². The van der Waals surface area contributed by atoms with E-state index in [-0.39, 0.29) is 5.41 Å². The van der Waals surface area contributed by atoms with Crippen molar-refractivity contribution in [3.8, 4) is 0 Å². The Balaban J connectivity index is 2.03. The first-order valence-electron chi connectivity index (χ1n) is 6.97. The molecule has 1 saturated heterocycles. The second-order valence-corrected chi connectivity index (χ2v) is 6.41. The normalized spacial score (nSPS) is 20.4. The van der Waals surface area contributed by atoms with Crippen molar-refractivity contribution in [2.75, 3.05) is 24.6 Å². The van der Waals surface area contributed by atoms with Gasteiger partial charge in [0, 0.05) is 25.4 Å². The van der Waals surface area contributed by atoms with Crippen LogP contribution in [0.1, 0.15) is 39.2 Å². The maximum atomic E-state index is 8.99. The summed E-state index contributed by atoms with van der Waals surface area (Å²) in [7, 11) is 0. The van der Waals surface area contributed by atoms with Crippen molar-refractivity contribution in [1.29, 1.82) is 0 Å². The Kier molecular flexibility index (Phi) is 3.96. The lowest BCUT2D eigenvalue weighted by atomic mass is 9.87.